The second-order valence-corrected chi connectivity index (χ2v) is 6.21. The molecule has 2 aliphatic rings. The van der Waals surface area contributed by atoms with Crippen LogP contribution in [0.25, 0.3) is 0 Å². The highest BCUT2D eigenvalue weighted by atomic mass is 16.5. The second-order valence-electron chi connectivity index (χ2n) is 6.21. The molecule has 0 aromatic heterocycles. The van der Waals surface area contributed by atoms with Gasteiger partial charge in [-0.2, -0.15) is 0 Å². The SMILES string of the molecule is CC1C[C@H](C(=O)NCC2(O)CCOC2C)[C@H](C(=O)O)C1. The maximum Gasteiger partial charge on any atom is 0.307 e. The highest BCUT2D eigenvalue weighted by molar-refractivity contribution is 5.85. The first-order chi connectivity index (χ1) is 9.33. The van der Waals surface area contributed by atoms with E-state index < -0.39 is 23.4 Å². The number of ether oxygens (including phenoxy) is 1. The van der Waals surface area contributed by atoms with Gasteiger partial charge >= 0.3 is 5.97 Å². The first-order valence-electron chi connectivity index (χ1n) is 7.18. The Morgan fingerprint density at radius 2 is 1.95 bits per heavy atom. The molecule has 1 saturated carbocycles. The maximum atomic E-state index is 12.2. The minimum atomic E-state index is -1.04. The van der Waals surface area contributed by atoms with Gasteiger partial charge in [0.15, 0.2) is 0 Å². The second kappa shape index (κ2) is 5.69. The molecule has 2 fully saturated rings. The molecule has 20 heavy (non-hydrogen) atoms. The predicted octanol–water partition coefficient (Wildman–Crippen LogP) is 0.389. The zero-order valence-corrected chi connectivity index (χ0v) is 12.0. The number of hydrogen-bond donors (Lipinski definition) is 3. The van der Waals surface area contributed by atoms with Gasteiger partial charge in [-0.05, 0) is 25.7 Å². The molecule has 1 aliphatic carbocycles. The molecule has 0 radical (unpaired) electrons. The fourth-order valence-electron chi connectivity index (χ4n) is 3.23. The quantitative estimate of drug-likeness (QED) is 0.694. The zero-order chi connectivity index (χ0) is 14.9. The van der Waals surface area contributed by atoms with Crippen LogP contribution in [-0.4, -0.2) is 46.9 Å². The number of rotatable bonds is 4. The van der Waals surface area contributed by atoms with Crippen LogP contribution in [-0.2, 0) is 14.3 Å². The van der Waals surface area contributed by atoms with Crippen LogP contribution < -0.4 is 5.32 Å². The number of aliphatic carboxylic acids is 1. The molecule has 0 aromatic rings. The highest BCUT2D eigenvalue weighted by Gasteiger charge is 2.43. The highest BCUT2D eigenvalue weighted by Crippen LogP contribution is 2.36. The molecule has 1 amide bonds. The number of amides is 1. The maximum absolute atomic E-state index is 12.2. The lowest BCUT2D eigenvalue weighted by molar-refractivity contribution is -0.146. The third-order valence-corrected chi connectivity index (χ3v) is 4.68. The van der Waals surface area contributed by atoms with E-state index in [1.54, 1.807) is 6.92 Å². The van der Waals surface area contributed by atoms with Gasteiger partial charge in [-0.3, -0.25) is 9.59 Å². The Kier molecular flexibility index (Phi) is 4.34. The molecule has 0 aromatic carbocycles. The predicted molar refractivity (Wildman–Crippen MR) is 71.0 cm³/mol. The Morgan fingerprint density at radius 3 is 2.50 bits per heavy atom. The van der Waals surface area contributed by atoms with Crippen LogP contribution >= 0.6 is 0 Å². The van der Waals surface area contributed by atoms with Gasteiger partial charge in [0.05, 0.1) is 17.9 Å². The summed E-state index contributed by atoms with van der Waals surface area (Å²) in [6.07, 6.45) is 1.29. The summed E-state index contributed by atoms with van der Waals surface area (Å²) in [5.41, 5.74) is -1.04. The van der Waals surface area contributed by atoms with Crippen LogP contribution in [0.4, 0.5) is 0 Å². The third-order valence-electron chi connectivity index (χ3n) is 4.68. The Balaban J connectivity index is 1.93. The van der Waals surface area contributed by atoms with Gasteiger partial charge in [-0.15, -0.1) is 0 Å². The van der Waals surface area contributed by atoms with Gasteiger partial charge in [-0.1, -0.05) is 6.92 Å². The average Bonchev–Trinajstić information content (AvgIpc) is 2.92. The monoisotopic (exact) mass is 285 g/mol. The number of carbonyl (C=O) groups excluding carboxylic acids is 1. The summed E-state index contributed by atoms with van der Waals surface area (Å²) in [6.45, 7) is 4.33. The van der Waals surface area contributed by atoms with Crippen molar-refractivity contribution in [1.82, 2.24) is 5.32 Å². The molecule has 1 heterocycles. The van der Waals surface area contributed by atoms with E-state index >= 15 is 0 Å². The summed E-state index contributed by atoms with van der Waals surface area (Å²) < 4.78 is 5.31. The van der Waals surface area contributed by atoms with Gasteiger partial charge < -0.3 is 20.3 Å². The molecule has 2 rings (SSSR count). The van der Waals surface area contributed by atoms with Crippen molar-refractivity contribution in [1.29, 1.82) is 0 Å². The topological polar surface area (TPSA) is 95.9 Å². The summed E-state index contributed by atoms with van der Waals surface area (Å²) in [4.78, 5) is 23.4. The smallest absolute Gasteiger partial charge is 0.307 e. The first kappa shape index (κ1) is 15.3. The Morgan fingerprint density at radius 1 is 1.30 bits per heavy atom. The summed E-state index contributed by atoms with van der Waals surface area (Å²) in [7, 11) is 0. The van der Waals surface area contributed by atoms with Crippen molar-refractivity contribution in [3.63, 3.8) is 0 Å². The van der Waals surface area contributed by atoms with Crippen molar-refractivity contribution < 1.29 is 24.5 Å². The minimum absolute atomic E-state index is 0.115. The van der Waals surface area contributed by atoms with Gasteiger partial charge in [-0.25, -0.2) is 0 Å². The van der Waals surface area contributed by atoms with Crippen LogP contribution in [0.2, 0.25) is 0 Å². The van der Waals surface area contributed by atoms with E-state index in [2.05, 4.69) is 5.32 Å². The van der Waals surface area contributed by atoms with Crippen molar-refractivity contribution in [3.8, 4) is 0 Å². The molecule has 0 spiro atoms. The fourth-order valence-corrected chi connectivity index (χ4v) is 3.23. The van der Waals surface area contributed by atoms with Crippen LogP contribution in [0.3, 0.4) is 0 Å². The van der Waals surface area contributed by atoms with E-state index in [0.717, 1.165) is 0 Å². The van der Waals surface area contributed by atoms with Crippen molar-refractivity contribution in [2.45, 2.75) is 44.8 Å². The molecule has 1 aliphatic heterocycles. The first-order valence-corrected chi connectivity index (χ1v) is 7.18. The lowest BCUT2D eigenvalue weighted by Gasteiger charge is -2.27. The normalized spacial score (nSPS) is 40.8. The summed E-state index contributed by atoms with van der Waals surface area (Å²) in [5.74, 6) is -2.05. The minimum Gasteiger partial charge on any atom is -0.481 e. The van der Waals surface area contributed by atoms with Crippen molar-refractivity contribution in [2.75, 3.05) is 13.2 Å². The van der Waals surface area contributed by atoms with Gasteiger partial charge in [0.25, 0.3) is 0 Å². The van der Waals surface area contributed by atoms with E-state index in [0.29, 0.717) is 25.9 Å². The van der Waals surface area contributed by atoms with Crippen molar-refractivity contribution in [3.05, 3.63) is 0 Å². The number of aliphatic hydroxyl groups is 1. The number of carboxylic acid groups (broad SMARTS) is 1. The van der Waals surface area contributed by atoms with Crippen LogP contribution in [0, 0.1) is 17.8 Å². The molecule has 114 valence electrons. The Bertz CT molecular complexity index is 399. The molecule has 1 saturated heterocycles. The van der Waals surface area contributed by atoms with E-state index in [-0.39, 0.29) is 24.5 Å². The van der Waals surface area contributed by atoms with E-state index in [9.17, 15) is 19.8 Å². The molecule has 0 bridgehead atoms. The van der Waals surface area contributed by atoms with Crippen molar-refractivity contribution in [2.24, 2.45) is 17.8 Å². The summed E-state index contributed by atoms with van der Waals surface area (Å²) in [6, 6.07) is 0. The molecule has 6 nitrogen and oxygen atoms in total. The lowest BCUT2D eigenvalue weighted by Crippen LogP contribution is -2.49. The average molecular weight is 285 g/mol. The van der Waals surface area contributed by atoms with Crippen LogP contribution in [0.1, 0.15) is 33.1 Å². The summed E-state index contributed by atoms with van der Waals surface area (Å²) >= 11 is 0. The third kappa shape index (κ3) is 2.96. The standard InChI is InChI=1S/C14H23NO5/c1-8-5-10(11(6-8)13(17)18)12(16)15-7-14(19)3-4-20-9(14)2/h8-11,19H,3-7H2,1-2H3,(H,15,16)(H,17,18)/t8?,9?,10-,11+,14?/m0/s1. The molecule has 5 atom stereocenters. The van der Waals surface area contributed by atoms with Crippen molar-refractivity contribution >= 4 is 11.9 Å². The number of carbonyl (C=O) groups is 2. The Hall–Kier alpha value is -1.14. The number of hydrogen-bond acceptors (Lipinski definition) is 4. The van der Waals surface area contributed by atoms with E-state index in [4.69, 9.17) is 4.74 Å². The molecule has 3 N–H and O–H groups in total. The van der Waals surface area contributed by atoms with Crippen LogP contribution in [0.15, 0.2) is 0 Å². The largest absolute Gasteiger partial charge is 0.481 e. The molecule has 3 unspecified atom stereocenters. The lowest BCUT2D eigenvalue weighted by atomic mass is 9.93. The van der Waals surface area contributed by atoms with Gasteiger partial charge in [0.2, 0.25) is 5.91 Å². The molecular formula is C14H23NO5. The fraction of sp³-hybridized carbons (Fsp3) is 0.857. The molecular weight excluding hydrogens is 262 g/mol. The Labute approximate surface area is 118 Å². The van der Waals surface area contributed by atoms with Crippen LogP contribution in [0.5, 0.6) is 0 Å². The van der Waals surface area contributed by atoms with Gasteiger partial charge in [0, 0.05) is 19.6 Å². The summed E-state index contributed by atoms with van der Waals surface area (Å²) in [5, 5.41) is 22.2. The van der Waals surface area contributed by atoms with E-state index in [1.807, 2.05) is 6.92 Å². The number of carboxylic acids is 1. The molecule has 6 heteroatoms. The van der Waals surface area contributed by atoms with E-state index in [1.165, 1.54) is 0 Å². The zero-order valence-electron chi connectivity index (χ0n) is 12.0. The van der Waals surface area contributed by atoms with Gasteiger partial charge in [0.1, 0.15) is 5.60 Å². The number of nitrogens with one attached hydrogen (secondary N) is 1.